The lowest BCUT2D eigenvalue weighted by atomic mass is 9.59. The summed E-state index contributed by atoms with van der Waals surface area (Å²) in [5.41, 5.74) is -2.88. The fraction of sp³-hybridized carbons (Fsp3) is 0.656. The number of hydrogen-bond acceptors (Lipinski definition) is 7. The third kappa shape index (κ3) is 4.76. The Morgan fingerprint density at radius 1 is 1.21 bits per heavy atom. The first kappa shape index (κ1) is 29.5. The van der Waals surface area contributed by atoms with E-state index in [1.807, 2.05) is 13.0 Å². The van der Waals surface area contributed by atoms with Crippen LogP contribution in [0.15, 0.2) is 47.6 Å². The number of ether oxygens (including phenoxy) is 2. The Morgan fingerprint density at radius 3 is 2.59 bits per heavy atom. The van der Waals surface area contributed by atoms with Gasteiger partial charge in [0.05, 0.1) is 5.41 Å². The van der Waals surface area contributed by atoms with E-state index in [1.165, 1.54) is 13.0 Å². The number of carbonyl (C=O) groups excluding carboxylic acids is 3. The molecule has 4 rings (SSSR count). The minimum absolute atomic E-state index is 0.0436. The van der Waals surface area contributed by atoms with Crippen molar-refractivity contribution < 1.29 is 34.1 Å². The number of ketones is 1. The van der Waals surface area contributed by atoms with E-state index in [2.05, 4.69) is 20.8 Å². The highest BCUT2D eigenvalue weighted by molar-refractivity contribution is 5.95. The van der Waals surface area contributed by atoms with E-state index in [4.69, 9.17) is 9.47 Å². The molecule has 0 aromatic heterocycles. The zero-order valence-electron chi connectivity index (χ0n) is 24.1. The molecule has 0 saturated heterocycles. The lowest BCUT2D eigenvalue weighted by Gasteiger charge is -2.49. The summed E-state index contributed by atoms with van der Waals surface area (Å²) in [5, 5.41) is 24.0. The standard InChI is InChI=1S/C32H44O7/c1-7-8-9-10-11-12-13-14-25(34)39-29-22(18-38-21(4)33)16-23-26-24(30(26,5)6)15-20(3)31(28(23)36)17-19(2)27(35)32(29,31)37/h11-14,16-17,20,23-24,26-27,29,35,37H,7-10,15,18H2,1-6H3/b12-11-,14-13+/t20-,23-,24-,26+,27+,29-,31+,32-/m1/s1. The molecule has 4 aliphatic rings. The van der Waals surface area contributed by atoms with Crippen molar-refractivity contribution in [2.24, 2.45) is 34.5 Å². The molecule has 2 fully saturated rings. The van der Waals surface area contributed by atoms with Gasteiger partial charge >= 0.3 is 11.9 Å². The fourth-order valence-electron chi connectivity index (χ4n) is 7.72. The summed E-state index contributed by atoms with van der Waals surface area (Å²) in [5.74, 6) is -1.98. The molecule has 8 atom stereocenters. The number of aliphatic hydroxyl groups is 2. The van der Waals surface area contributed by atoms with E-state index < -0.39 is 41.1 Å². The zero-order valence-corrected chi connectivity index (χ0v) is 24.1. The molecule has 2 saturated carbocycles. The SMILES string of the molecule is CCCCC/C=C\C=C\C(=O)O[C@@H]1C(COC(C)=O)=C[C@H]2C(=O)[C@]3(C=C(C)[C@H](O)[C@@]13O)[C@H](C)C[C@@H]1[C@H]2C1(C)C. The first-order valence-corrected chi connectivity index (χ1v) is 14.4. The molecule has 39 heavy (non-hydrogen) atoms. The van der Waals surface area contributed by atoms with Crippen molar-refractivity contribution in [3.8, 4) is 0 Å². The van der Waals surface area contributed by atoms with Crippen LogP contribution >= 0.6 is 0 Å². The summed E-state index contributed by atoms with van der Waals surface area (Å²) in [6.07, 6.45) is 12.2. The number of aliphatic hydroxyl groups excluding tert-OH is 1. The Bertz CT molecular complexity index is 1130. The number of carbonyl (C=O) groups is 3. The highest BCUT2D eigenvalue weighted by Crippen LogP contribution is 2.71. The maximum Gasteiger partial charge on any atom is 0.331 e. The van der Waals surface area contributed by atoms with Gasteiger partial charge in [0.2, 0.25) is 0 Å². The van der Waals surface area contributed by atoms with Gasteiger partial charge in [0.1, 0.15) is 12.7 Å². The number of Topliss-reactive ketones (excluding diaryl/α,β-unsaturated/α-hetero) is 1. The van der Waals surface area contributed by atoms with Crippen LogP contribution in [0.5, 0.6) is 0 Å². The Balaban J connectivity index is 1.76. The van der Waals surface area contributed by atoms with Crippen molar-refractivity contribution in [3.05, 3.63) is 47.6 Å². The van der Waals surface area contributed by atoms with Crippen molar-refractivity contribution in [1.29, 1.82) is 0 Å². The quantitative estimate of drug-likeness (QED) is 0.144. The molecule has 1 spiro atoms. The summed E-state index contributed by atoms with van der Waals surface area (Å²) >= 11 is 0. The first-order chi connectivity index (χ1) is 18.3. The van der Waals surface area contributed by atoms with Crippen LogP contribution in [0.4, 0.5) is 0 Å². The third-order valence-corrected chi connectivity index (χ3v) is 9.85. The van der Waals surface area contributed by atoms with Gasteiger partial charge in [0.15, 0.2) is 17.5 Å². The van der Waals surface area contributed by atoms with E-state index in [1.54, 1.807) is 31.2 Å². The minimum Gasteiger partial charge on any atom is -0.461 e. The number of unbranched alkanes of at least 4 members (excludes halogenated alkanes) is 3. The van der Waals surface area contributed by atoms with Crippen molar-refractivity contribution >= 4 is 17.7 Å². The summed E-state index contributed by atoms with van der Waals surface area (Å²) < 4.78 is 11.3. The Kier molecular flexibility index (Phi) is 8.17. The van der Waals surface area contributed by atoms with Crippen molar-refractivity contribution in [2.75, 3.05) is 6.61 Å². The molecule has 0 aromatic rings. The Morgan fingerprint density at radius 2 is 1.92 bits per heavy atom. The van der Waals surface area contributed by atoms with Gasteiger partial charge in [-0.2, -0.15) is 0 Å². The molecule has 4 aliphatic carbocycles. The second-order valence-electron chi connectivity index (χ2n) is 12.6. The molecule has 7 nitrogen and oxygen atoms in total. The van der Waals surface area contributed by atoms with Crippen molar-refractivity contribution in [3.63, 3.8) is 0 Å². The van der Waals surface area contributed by atoms with Crippen molar-refractivity contribution in [2.45, 2.75) is 91.5 Å². The van der Waals surface area contributed by atoms with Gasteiger partial charge in [0.25, 0.3) is 0 Å². The molecule has 7 heteroatoms. The Labute approximate surface area is 232 Å². The van der Waals surface area contributed by atoms with Gasteiger partial charge in [-0.25, -0.2) is 4.79 Å². The van der Waals surface area contributed by atoms with Crippen LogP contribution in [0.2, 0.25) is 0 Å². The number of hydrogen-bond donors (Lipinski definition) is 2. The molecule has 214 valence electrons. The summed E-state index contributed by atoms with van der Waals surface area (Å²) in [6.45, 7) is 11.1. The van der Waals surface area contributed by atoms with Crippen LogP contribution in [-0.2, 0) is 23.9 Å². The van der Waals surface area contributed by atoms with Gasteiger partial charge < -0.3 is 19.7 Å². The van der Waals surface area contributed by atoms with Gasteiger partial charge in [-0.15, -0.1) is 0 Å². The van der Waals surface area contributed by atoms with Gasteiger partial charge in [-0.05, 0) is 54.9 Å². The highest BCUT2D eigenvalue weighted by Gasteiger charge is 2.76. The van der Waals surface area contributed by atoms with Crippen LogP contribution in [0.3, 0.4) is 0 Å². The van der Waals surface area contributed by atoms with Gasteiger partial charge in [-0.3, -0.25) is 9.59 Å². The average Bonchev–Trinajstić information content (AvgIpc) is 3.38. The highest BCUT2D eigenvalue weighted by atomic mass is 16.6. The summed E-state index contributed by atoms with van der Waals surface area (Å²) in [6, 6.07) is 0. The van der Waals surface area contributed by atoms with Crippen molar-refractivity contribution in [1.82, 2.24) is 0 Å². The largest absolute Gasteiger partial charge is 0.461 e. The van der Waals surface area contributed by atoms with Gasteiger partial charge in [-0.1, -0.05) is 70.9 Å². The molecule has 0 heterocycles. The predicted octanol–water partition coefficient (Wildman–Crippen LogP) is 4.63. The number of esters is 2. The molecule has 2 N–H and O–H groups in total. The normalized spacial score (nSPS) is 38.4. The van der Waals surface area contributed by atoms with Crippen LogP contribution in [0.1, 0.15) is 73.6 Å². The summed E-state index contributed by atoms with van der Waals surface area (Å²) in [7, 11) is 0. The molecular formula is C32H44O7. The van der Waals surface area contributed by atoms with E-state index in [0.717, 1.165) is 25.7 Å². The smallest absolute Gasteiger partial charge is 0.331 e. The molecule has 0 amide bonds. The van der Waals surface area contributed by atoms with Gasteiger partial charge in [0, 0.05) is 24.5 Å². The maximum absolute atomic E-state index is 14.5. The van der Waals surface area contributed by atoms with Crippen LogP contribution in [-0.4, -0.2) is 52.4 Å². The molecule has 0 aromatic carbocycles. The number of rotatable bonds is 9. The molecule has 0 radical (unpaired) electrons. The molecule has 2 bridgehead atoms. The number of fused-ring (bicyclic) bond motifs is 3. The first-order valence-electron chi connectivity index (χ1n) is 14.4. The second-order valence-corrected chi connectivity index (χ2v) is 12.6. The molecule has 0 aliphatic heterocycles. The molecular weight excluding hydrogens is 496 g/mol. The summed E-state index contributed by atoms with van der Waals surface area (Å²) in [4.78, 5) is 39.4. The van der Waals surface area contributed by atoms with E-state index in [9.17, 15) is 24.6 Å². The topological polar surface area (TPSA) is 110 Å². The zero-order chi connectivity index (χ0) is 28.8. The van der Waals surface area contributed by atoms with E-state index in [-0.39, 0.29) is 35.6 Å². The lowest BCUT2D eigenvalue weighted by molar-refractivity contribution is -0.202. The van der Waals surface area contributed by atoms with Crippen LogP contribution < -0.4 is 0 Å². The van der Waals surface area contributed by atoms with Crippen LogP contribution in [0.25, 0.3) is 0 Å². The monoisotopic (exact) mass is 540 g/mol. The lowest BCUT2D eigenvalue weighted by Crippen LogP contribution is -2.66. The molecule has 0 unspecified atom stereocenters. The van der Waals surface area contributed by atoms with E-state index >= 15 is 0 Å². The van der Waals surface area contributed by atoms with Crippen LogP contribution in [0, 0.1) is 34.5 Å². The third-order valence-electron chi connectivity index (χ3n) is 9.85. The second kappa shape index (κ2) is 10.8. The predicted molar refractivity (Wildman–Crippen MR) is 147 cm³/mol. The fourth-order valence-corrected chi connectivity index (χ4v) is 7.72. The van der Waals surface area contributed by atoms with E-state index in [0.29, 0.717) is 17.6 Å². The number of allylic oxidation sites excluding steroid dienone is 4. The maximum atomic E-state index is 14.5. The minimum atomic E-state index is -2.14. The Hall–Kier alpha value is -2.51. The average molecular weight is 541 g/mol.